The van der Waals surface area contributed by atoms with Crippen LogP contribution in [0, 0.1) is 5.92 Å². The molecule has 0 radical (unpaired) electrons. The van der Waals surface area contributed by atoms with Crippen molar-refractivity contribution in [2.45, 2.75) is 93.9 Å². The van der Waals surface area contributed by atoms with Crippen LogP contribution < -0.4 is 14.8 Å². The SMILES string of the molecule is CC(C)S(=O)(=O)NC1CCC(CNc2ccc(S(=O)(=O)NC3CCCCC3)cc2)CC1. The lowest BCUT2D eigenvalue weighted by atomic mass is 9.86. The van der Waals surface area contributed by atoms with Crippen LogP contribution in [0.5, 0.6) is 0 Å². The van der Waals surface area contributed by atoms with Gasteiger partial charge in [-0.15, -0.1) is 0 Å². The number of rotatable bonds is 9. The Bertz CT molecular complexity index is 901. The zero-order chi connectivity index (χ0) is 22.5. The van der Waals surface area contributed by atoms with E-state index in [0.717, 1.165) is 63.6 Å². The van der Waals surface area contributed by atoms with E-state index in [-0.39, 0.29) is 12.1 Å². The third kappa shape index (κ3) is 7.17. The van der Waals surface area contributed by atoms with Gasteiger partial charge in [0, 0.05) is 24.3 Å². The van der Waals surface area contributed by atoms with Gasteiger partial charge in [0.05, 0.1) is 10.1 Å². The van der Waals surface area contributed by atoms with E-state index in [1.165, 1.54) is 6.42 Å². The molecule has 3 rings (SSSR count). The quantitative estimate of drug-likeness (QED) is 0.510. The highest BCUT2D eigenvalue weighted by atomic mass is 32.2. The van der Waals surface area contributed by atoms with Gasteiger partial charge in [-0.3, -0.25) is 0 Å². The molecule has 2 aliphatic rings. The summed E-state index contributed by atoms with van der Waals surface area (Å²) in [5.74, 6) is 0.483. The maximum absolute atomic E-state index is 12.6. The topological polar surface area (TPSA) is 104 Å². The molecule has 1 aromatic rings. The van der Waals surface area contributed by atoms with Crippen molar-refractivity contribution < 1.29 is 16.8 Å². The molecule has 176 valence electrons. The Labute approximate surface area is 187 Å². The predicted octanol–water partition coefficient (Wildman–Crippen LogP) is 3.60. The molecule has 0 atom stereocenters. The summed E-state index contributed by atoms with van der Waals surface area (Å²) >= 11 is 0. The van der Waals surface area contributed by atoms with Crippen molar-refractivity contribution in [3.63, 3.8) is 0 Å². The van der Waals surface area contributed by atoms with E-state index in [2.05, 4.69) is 14.8 Å². The minimum absolute atomic E-state index is 0.0322. The molecule has 0 heterocycles. The highest BCUT2D eigenvalue weighted by Crippen LogP contribution is 2.26. The van der Waals surface area contributed by atoms with Crippen LogP contribution >= 0.6 is 0 Å². The van der Waals surface area contributed by atoms with Crippen molar-refractivity contribution in [2.75, 3.05) is 11.9 Å². The fraction of sp³-hybridized carbons (Fsp3) is 0.727. The Kier molecular flexibility index (Phi) is 8.40. The molecular weight excluding hydrogens is 434 g/mol. The van der Waals surface area contributed by atoms with Crippen LogP contribution in [-0.2, 0) is 20.0 Å². The summed E-state index contributed by atoms with van der Waals surface area (Å²) in [5.41, 5.74) is 0.902. The lowest BCUT2D eigenvalue weighted by Gasteiger charge is -2.29. The molecule has 0 saturated heterocycles. The molecule has 0 aliphatic heterocycles. The van der Waals surface area contributed by atoms with Crippen molar-refractivity contribution in [3.05, 3.63) is 24.3 Å². The monoisotopic (exact) mass is 471 g/mol. The van der Waals surface area contributed by atoms with E-state index < -0.39 is 25.3 Å². The number of hydrogen-bond donors (Lipinski definition) is 3. The Balaban J connectivity index is 1.44. The van der Waals surface area contributed by atoms with E-state index in [0.29, 0.717) is 10.8 Å². The molecule has 9 heteroatoms. The smallest absolute Gasteiger partial charge is 0.240 e. The van der Waals surface area contributed by atoms with E-state index in [4.69, 9.17) is 0 Å². The summed E-state index contributed by atoms with van der Waals surface area (Å²) in [5, 5.41) is 3.00. The number of sulfonamides is 2. The highest BCUT2D eigenvalue weighted by Gasteiger charge is 2.26. The minimum atomic E-state index is -3.47. The summed E-state index contributed by atoms with van der Waals surface area (Å²) in [7, 11) is -6.69. The molecule has 0 spiro atoms. The molecule has 0 bridgehead atoms. The van der Waals surface area contributed by atoms with E-state index in [1.807, 2.05) is 12.1 Å². The first kappa shape index (κ1) is 24.5. The molecular formula is C22H37N3O4S2. The predicted molar refractivity (Wildman–Crippen MR) is 125 cm³/mol. The molecule has 2 fully saturated rings. The average Bonchev–Trinajstić information content (AvgIpc) is 2.73. The third-order valence-corrected chi connectivity index (χ3v) is 9.92. The van der Waals surface area contributed by atoms with Crippen LogP contribution in [0.4, 0.5) is 5.69 Å². The highest BCUT2D eigenvalue weighted by molar-refractivity contribution is 7.90. The summed E-state index contributed by atoms with van der Waals surface area (Å²) in [6, 6.07) is 7.03. The average molecular weight is 472 g/mol. The summed E-state index contributed by atoms with van der Waals surface area (Å²) in [6.07, 6.45) is 8.83. The lowest BCUT2D eigenvalue weighted by Crippen LogP contribution is -2.41. The van der Waals surface area contributed by atoms with Crippen LogP contribution in [0.15, 0.2) is 29.2 Å². The van der Waals surface area contributed by atoms with Gasteiger partial charge >= 0.3 is 0 Å². The van der Waals surface area contributed by atoms with Crippen molar-refractivity contribution in [3.8, 4) is 0 Å². The number of hydrogen-bond acceptors (Lipinski definition) is 5. The summed E-state index contributed by atoms with van der Waals surface area (Å²) < 4.78 is 54.9. The number of anilines is 1. The lowest BCUT2D eigenvalue weighted by molar-refractivity contribution is 0.323. The number of nitrogens with one attached hydrogen (secondary N) is 3. The zero-order valence-electron chi connectivity index (χ0n) is 18.6. The Hall–Kier alpha value is -1.16. The van der Waals surface area contributed by atoms with Crippen LogP contribution in [-0.4, -0.2) is 40.7 Å². The Morgan fingerprint density at radius 1 is 0.806 bits per heavy atom. The second kappa shape index (κ2) is 10.6. The van der Waals surface area contributed by atoms with E-state index >= 15 is 0 Å². The van der Waals surface area contributed by atoms with Gasteiger partial charge in [0.2, 0.25) is 20.0 Å². The largest absolute Gasteiger partial charge is 0.385 e. The van der Waals surface area contributed by atoms with Gasteiger partial charge in [0.15, 0.2) is 0 Å². The molecule has 0 amide bonds. The van der Waals surface area contributed by atoms with E-state index in [9.17, 15) is 16.8 Å². The van der Waals surface area contributed by atoms with Crippen molar-refractivity contribution in [1.82, 2.24) is 9.44 Å². The first-order valence-corrected chi connectivity index (χ1v) is 14.6. The number of benzene rings is 1. The Morgan fingerprint density at radius 2 is 1.39 bits per heavy atom. The maximum atomic E-state index is 12.6. The molecule has 31 heavy (non-hydrogen) atoms. The van der Waals surface area contributed by atoms with Crippen molar-refractivity contribution in [1.29, 1.82) is 0 Å². The standard InChI is InChI=1S/C22H37N3O4S2/c1-17(2)30(26,27)24-21-10-8-18(9-11-21)16-23-19-12-14-22(15-13-19)31(28,29)25-20-6-4-3-5-7-20/h12-15,17-18,20-21,23-25H,3-11,16H2,1-2H3. The molecule has 3 N–H and O–H groups in total. The maximum Gasteiger partial charge on any atom is 0.240 e. The fourth-order valence-electron chi connectivity index (χ4n) is 4.37. The second-order valence-corrected chi connectivity index (χ2v) is 13.3. The van der Waals surface area contributed by atoms with Gasteiger partial charge in [-0.05, 0) is 82.6 Å². The summed E-state index contributed by atoms with van der Waals surface area (Å²) in [6.45, 7) is 4.19. The molecule has 1 aromatic carbocycles. The molecule has 0 aromatic heterocycles. The van der Waals surface area contributed by atoms with E-state index in [1.54, 1.807) is 26.0 Å². The van der Waals surface area contributed by atoms with Gasteiger partial charge in [0.1, 0.15) is 0 Å². The fourth-order valence-corrected chi connectivity index (χ4v) is 6.65. The van der Waals surface area contributed by atoms with Gasteiger partial charge < -0.3 is 5.32 Å². The van der Waals surface area contributed by atoms with Gasteiger partial charge in [-0.25, -0.2) is 26.3 Å². The summed E-state index contributed by atoms with van der Waals surface area (Å²) in [4.78, 5) is 0.307. The van der Waals surface area contributed by atoms with Gasteiger partial charge in [0.25, 0.3) is 0 Å². The van der Waals surface area contributed by atoms with Crippen molar-refractivity contribution >= 4 is 25.7 Å². The van der Waals surface area contributed by atoms with Crippen LogP contribution in [0.1, 0.15) is 71.6 Å². The third-order valence-electron chi connectivity index (χ3n) is 6.48. The normalized spacial score (nSPS) is 23.7. The molecule has 2 saturated carbocycles. The first-order chi connectivity index (χ1) is 14.7. The van der Waals surface area contributed by atoms with Gasteiger partial charge in [-0.1, -0.05) is 19.3 Å². The molecule has 2 aliphatic carbocycles. The minimum Gasteiger partial charge on any atom is -0.385 e. The first-order valence-electron chi connectivity index (χ1n) is 11.5. The van der Waals surface area contributed by atoms with Crippen LogP contribution in [0.2, 0.25) is 0 Å². The molecule has 0 unspecified atom stereocenters. The van der Waals surface area contributed by atoms with Crippen LogP contribution in [0.3, 0.4) is 0 Å². The second-order valence-electron chi connectivity index (χ2n) is 9.29. The van der Waals surface area contributed by atoms with Crippen molar-refractivity contribution in [2.24, 2.45) is 5.92 Å². The molecule has 7 nitrogen and oxygen atoms in total. The zero-order valence-corrected chi connectivity index (χ0v) is 20.3. The van der Waals surface area contributed by atoms with Gasteiger partial charge in [-0.2, -0.15) is 0 Å². The van der Waals surface area contributed by atoms with Crippen LogP contribution in [0.25, 0.3) is 0 Å². The Morgan fingerprint density at radius 3 is 1.97 bits per heavy atom.